The number of rotatable bonds is 5. The Kier molecular flexibility index (Phi) is 3.98. The summed E-state index contributed by atoms with van der Waals surface area (Å²) in [6, 6.07) is -0.426. The van der Waals surface area contributed by atoms with E-state index in [-0.39, 0.29) is 5.91 Å². The zero-order valence-corrected chi connectivity index (χ0v) is 8.11. The van der Waals surface area contributed by atoms with Crippen molar-refractivity contribution in [2.75, 3.05) is 5.75 Å². The van der Waals surface area contributed by atoms with Crippen molar-refractivity contribution in [3.05, 3.63) is 10.7 Å². The largest absolute Gasteiger partial charge is 0.345 e. The van der Waals surface area contributed by atoms with E-state index in [0.29, 0.717) is 11.6 Å². The topological polar surface area (TPSA) is 113 Å². The molecule has 8 nitrogen and oxygen atoms in total. The van der Waals surface area contributed by atoms with Gasteiger partial charge in [-0.3, -0.25) is 4.79 Å². The molecule has 0 aliphatic heterocycles. The first-order chi connectivity index (χ1) is 6.74. The van der Waals surface area contributed by atoms with Gasteiger partial charge in [0.1, 0.15) is 6.04 Å². The molecule has 1 aromatic heterocycles. The molecule has 0 aromatic carbocycles. The third kappa shape index (κ3) is 3.09. The van der Waals surface area contributed by atoms with Crippen LogP contribution in [-0.4, -0.2) is 32.3 Å². The Balaban J connectivity index is 2.61. The molecule has 1 heterocycles. The van der Waals surface area contributed by atoms with Crippen molar-refractivity contribution in [2.24, 2.45) is 4.58 Å². The first kappa shape index (κ1) is 10.6. The van der Waals surface area contributed by atoms with Crippen molar-refractivity contribution in [2.45, 2.75) is 13.0 Å². The number of aromatic amines is 1. The summed E-state index contributed by atoms with van der Waals surface area (Å²) < 4.78 is 2.63. The molecular weight excluding hydrogens is 208 g/mol. The molecular formula is C5H8N6O2S. The third-order valence-corrected chi connectivity index (χ3v) is 1.95. The maximum atomic E-state index is 10.8. The van der Waals surface area contributed by atoms with E-state index in [4.69, 9.17) is 0 Å². The summed E-state index contributed by atoms with van der Waals surface area (Å²) >= 11 is 0.796. The number of hydrogen-bond donors (Lipinski definition) is 2. The molecule has 0 aliphatic rings. The number of amides is 1. The van der Waals surface area contributed by atoms with Crippen LogP contribution in [0.2, 0.25) is 0 Å². The highest BCUT2D eigenvalue weighted by molar-refractivity contribution is 7.97. The lowest BCUT2D eigenvalue weighted by molar-refractivity contribution is -0.119. The highest BCUT2D eigenvalue weighted by Crippen LogP contribution is 2.14. The summed E-state index contributed by atoms with van der Waals surface area (Å²) in [6.45, 7) is 1.37. The summed E-state index contributed by atoms with van der Waals surface area (Å²) in [5.74, 6) is 0.467. The van der Waals surface area contributed by atoms with Gasteiger partial charge in [-0.1, -0.05) is 0 Å². The molecule has 0 saturated carbocycles. The lowest BCUT2D eigenvalue weighted by atomic mass is 10.3. The van der Waals surface area contributed by atoms with E-state index in [1.54, 1.807) is 0 Å². The normalized spacial score (nSPS) is 12.1. The van der Waals surface area contributed by atoms with E-state index in [1.807, 2.05) is 0 Å². The van der Waals surface area contributed by atoms with Gasteiger partial charge in [-0.05, 0) is 10.4 Å². The van der Waals surface area contributed by atoms with Crippen LogP contribution in [0.25, 0.3) is 0 Å². The van der Waals surface area contributed by atoms with Crippen LogP contribution in [0, 0.1) is 4.91 Å². The van der Waals surface area contributed by atoms with E-state index < -0.39 is 6.04 Å². The SMILES string of the molecule is CC(=O)N[C@@H](CSN=O)c1nnn[nH]1. The van der Waals surface area contributed by atoms with Crippen LogP contribution >= 0.6 is 11.9 Å². The van der Waals surface area contributed by atoms with Gasteiger partial charge in [-0.2, -0.15) is 0 Å². The van der Waals surface area contributed by atoms with Gasteiger partial charge in [-0.25, -0.2) is 5.10 Å². The number of hydrogen-bond acceptors (Lipinski definition) is 7. The molecule has 9 heteroatoms. The van der Waals surface area contributed by atoms with Gasteiger partial charge < -0.3 is 5.32 Å². The van der Waals surface area contributed by atoms with E-state index >= 15 is 0 Å². The highest BCUT2D eigenvalue weighted by Gasteiger charge is 2.16. The molecule has 0 aliphatic carbocycles. The monoisotopic (exact) mass is 216 g/mol. The Bertz CT molecular complexity index is 301. The standard InChI is InChI=1S/C5H8N6O2S/c1-3(12)6-4(2-14-11-13)5-7-9-10-8-5/h4H,2H2,1H3,(H,6,12)(H,7,8,9,10)/t4-/m0/s1. The Morgan fingerprint density at radius 3 is 3.07 bits per heavy atom. The number of nitrogens with one attached hydrogen (secondary N) is 2. The molecule has 0 fully saturated rings. The van der Waals surface area contributed by atoms with Crippen LogP contribution in [0.1, 0.15) is 18.8 Å². The van der Waals surface area contributed by atoms with Crippen molar-refractivity contribution in [3.63, 3.8) is 0 Å². The van der Waals surface area contributed by atoms with Gasteiger partial charge in [0.15, 0.2) is 5.82 Å². The number of nitrogens with zero attached hydrogens (tertiary/aromatic N) is 4. The van der Waals surface area contributed by atoms with E-state index in [1.165, 1.54) is 6.92 Å². The van der Waals surface area contributed by atoms with Crippen molar-refractivity contribution >= 4 is 17.9 Å². The second kappa shape index (κ2) is 5.27. The predicted molar refractivity (Wildman–Crippen MR) is 49.0 cm³/mol. The molecule has 1 atom stereocenters. The fraction of sp³-hybridized carbons (Fsp3) is 0.600. The fourth-order valence-corrected chi connectivity index (χ4v) is 1.30. The summed E-state index contributed by atoms with van der Waals surface area (Å²) in [7, 11) is 0. The maximum Gasteiger partial charge on any atom is 0.217 e. The Labute approximate surface area is 83.3 Å². The van der Waals surface area contributed by atoms with Gasteiger partial charge in [0.2, 0.25) is 5.91 Å². The van der Waals surface area contributed by atoms with E-state index in [9.17, 15) is 9.70 Å². The van der Waals surface area contributed by atoms with Crippen LogP contribution in [0.4, 0.5) is 0 Å². The summed E-state index contributed by atoms with van der Waals surface area (Å²) in [6.07, 6.45) is 0. The molecule has 1 amide bonds. The molecule has 0 bridgehead atoms. The van der Waals surface area contributed by atoms with Crippen LogP contribution in [0.15, 0.2) is 4.58 Å². The number of tetrazole rings is 1. The number of carbonyl (C=O) groups is 1. The molecule has 2 N–H and O–H groups in total. The predicted octanol–water partition coefficient (Wildman–Crippen LogP) is -0.209. The number of nitroso groups, excluding NO2 is 1. The van der Waals surface area contributed by atoms with Crippen molar-refractivity contribution < 1.29 is 4.79 Å². The minimum atomic E-state index is -0.426. The summed E-state index contributed by atoms with van der Waals surface area (Å²) in [5.41, 5.74) is 0. The Morgan fingerprint density at radius 1 is 1.79 bits per heavy atom. The molecule has 14 heavy (non-hydrogen) atoms. The average molecular weight is 216 g/mol. The maximum absolute atomic E-state index is 10.8. The number of aromatic nitrogens is 4. The van der Waals surface area contributed by atoms with Crippen LogP contribution in [0.5, 0.6) is 0 Å². The van der Waals surface area contributed by atoms with Crippen LogP contribution in [-0.2, 0) is 4.79 Å². The molecule has 0 saturated heterocycles. The molecule has 0 radical (unpaired) electrons. The van der Waals surface area contributed by atoms with Gasteiger partial charge >= 0.3 is 0 Å². The van der Waals surface area contributed by atoms with Crippen LogP contribution < -0.4 is 5.32 Å². The second-order valence-electron chi connectivity index (χ2n) is 2.41. The first-order valence-electron chi connectivity index (χ1n) is 3.69. The van der Waals surface area contributed by atoms with Crippen molar-refractivity contribution in [1.29, 1.82) is 0 Å². The Hall–Kier alpha value is -1.51. The van der Waals surface area contributed by atoms with Gasteiger partial charge in [0.05, 0.1) is 0 Å². The highest BCUT2D eigenvalue weighted by atomic mass is 32.2. The summed E-state index contributed by atoms with van der Waals surface area (Å²) in [4.78, 5) is 20.7. The fourth-order valence-electron chi connectivity index (χ4n) is 0.853. The number of H-pyrrole nitrogens is 1. The van der Waals surface area contributed by atoms with Crippen molar-refractivity contribution in [3.8, 4) is 0 Å². The quantitative estimate of drug-likeness (QED) is 0.520. The van der Waals surface area contributed by atoms with E-state index in [0.717, 1.165) is 11.9 Å². The summed E-state index contributed by atoms with van der Waals surface area (Å²) in [5, 5.41) is 15.5. The molecule has 1 aromatic rings. The van der Waals surface area contributed by atoms with E-state index in [2.05, 4.69) is 30.5 Å². The molecule has 0 spiro atoms. The van der Waals surface area contributed by atoms with Gasteiger partial charge in [-0.15, -0.1) is 10.0 Å². The zero-order valence-electron chi connectivity index (χ0n) is 7.30. The third-order valence-electron chi connectivity index (χ3n) is 1.36. The second-order valence-corrected chi connectivity index (χ2v) is 3.15. The zero-order chi connectivity index (χ0) is 10.4. The molecule has 76 valence electrons. The lowest BCUT2D eigenvalue weighted by Gasteiger charge is -2.11. The average Bonchev–Trinajstić information content (AvgIpc) is 2.64. The van der Waals surface area contributed by atoms with Crippen LogP contribution in [0.3, 0.4) is 0 Å². The van der Waals surface area contributed by atoms with Crippen molar-refractivity contribution in [1.82, 2.24) is 25.9 Å². The van der Waals surface area contributed by atoms with Gasteiger partial charge in [0.25, 0.3) is 0 Å². The minimum Gasteiger partial charge on any atom is -0.345 e. The Morgan fingerprint density at radius 2 is 2.57 bits per heavy atom. The first-order valence-corrected chi connectivity index (χ1v) is 4.63. The molecule has 0 unspecified atom stereocenters. The lowest BCUT2D eigenvalue weighted by Crippen LogP contribution is -2.28. The molecule has 1 rings (SSSR count). The van der Waals surface area contributed by atoms with Gasteiger partial charge in [0, 0.05) is 29.2 Å². The number of carbonyl (C=O) groups excluding carboxylic acids is 1. The smallest absolute Gasteiger partial charge is 0.217 e. The minimum absolute atomic E-state index is 0.224.